The molecule has 0 radical (unpaired) electrons. The Labute approximate surface area is 183 Å². The van der Waals surface area contributed by atoms with Gasteiger partial charge in [0.05, 0.1) is 5.97 Å². The maximum Gasteiger partial charge on any atom is 0.103 e. The molecule has 0 amide bonds. The van der Waals surface area contributed by atoms with Gasteiger partial charge in [-0.2, -0.15) is 0 Å². The molecule has 0 saturated heterocycles. The highest BCUT2D eigenvalue weighted by Crippen LogP contribution is 2.46. The molecule has 1 aliphatic rings. The molecule has 2 heterocycles. The van der Waals surface area contributed by atoms with Gasteiger partial charge in [-0.25, -0.2) is 0 Å². The summed E-state index contributed by atoms with van der Waals surface area (Å²) in [4.78, 5) is 17.7. The average Bonchev–Trinajstić information content (AvgIpc) is 3.14. The Morgan fingerprint density at radius 1 is 1.03 bits per heavy atom. The summed E-state index contributed by atoms with van der Waals surface area (Å²) in [5, 5.41) is 13.1. The van der Waals surface area contributed by atoms with Crippen LogP contribution in [0.5, 0.6) is 0 Å². The van der Waals surface area contributed by atoms with E-state index in [9.17, 15) is 9.90 Å². The largest absolute Gasteiger partial charge is 0.545 e. The monoisotopic (exact) mass is 459 g/mol. The van der Waals surface area contributed by atoms with Gasteiger partial charge in [0.15, 0.2) is 0 Å². The number of anilines is 1. The number of nitrogens with zero attached hydrogens (tertiary/aromatic N) is 1. The van der Waals surface area contributed by atoms with Crippen molar-refractivity contribution in [1.29, 1.82) is 0 Å². The van der Waals surface area contributed by atoms with Gasteiger partial charge in [0.1, 0.15) is 5.54 Å². The predicted molar refractivity (Wildman–Crippen MR) is 121 cm³/mol. The van der Waals surface area contributed by atoms with Crippen LogP contribution in [0.25, 0.3) is 10.9 Å². The third-order valence-corrected chi connectivity index (χ3v) is 6.78. The molecule has 0 saturated carbocycles. The number of halogens is 1. The molecule has 0 spiro atoms. The van der Waals surface area contributed by atoms with Crippen molar-refractivity contribution in [3.63, 3.8) is 0 Å². The van der Waals surface area contributed by atoms with Crippen molar-refractivity contribution in [1.82, 2.24) is 4.98 Å². The lowest BCUT2D eigenvalue weighted by atomic mass is 9.80. The fourth-order valence-corrected chi connectivity index (χ4v) is 5.04. The Balaban J connectivity index is 1.80. The van der Waals surface area contributed by atoms with E-state index in [1.165, 1.54) is 10.9 Å². The number of nitrogens with one attached hydrogen (secondary N) is 1. The number of aromatic carboxylic acids is 1. The molecule has 4 aromatic rings. The van der Waals surface area contributed by atoms with Crippen LogP contribution in [0.4, 0.5) is 5.69 Å². The molecular weight excluding hydrogens is 440 g/mol. The molecule has 1 aliphatic heterocycles. The van der Waals surface area contributed by atoms with Crippen molar-refractivity contribution in [3.05, 3.63) is 99.7 Å². The third kappa shape index (κ3) is 2.76. The number of benzene rings is 3. The van der Waals surface area contributed by atoms with Crippen molar-refractivity contribution in [2.45, 2.75) is 18.9 Å². The minimum atomic E-state index is -1.16. The van der Waals surface area contributed by atoms with E-state index in [4.69, 9.17) is 0 Å². The summed E-state index contributed by atoms with van der Waals surface area (Å²) < 4.78 is 1.00. The Morgan fingerprint density at radius 3 is 2.50 bits per heavy atom. The van der Waals surface area contributed by atoms with Crippen LogP contribution in [0.3, 0.4) is 0 Å². The number of carbonyl (C=O) groups excluding carboxylic acids is 1. The predicted octanol–water partition coefficient (Wildman–Crippen LogP) is 4.62. The molecular formula is C25H20BrN2O2-. The van der Waals surface area contributed by atoms with Crippen LogP contribution in [0, 0.1) is 0 Å². The smallest absolute Gasteiger partial charge is 0.103 e. The highest BCUT2D eigenvalue weighted by Gasteiger charge is 2.43. The van der Waals surface area contributed by atoms with E-state index in [0.717, 1.165) is 27.7 Å². The van der Waals surface area contributed by atoms with Crippen molar-refractivity contribution in [2.75, 3.05) is 11.4 Å². The second-order valence-corrected chi connectivity index (χ2v) is 8.73. The number of carboxylic acids is 1. The van der Waals surface area contributed by atoms with Crippen LogP contribution in [0.15, 0.2) is 77.3 Å². The molecule has 0 bridgehead atoms. The second-order valence-electron chi connectivity index (χ2n) is 7.81. The summed E-state index contributed by atoms with van der Waals surface area (Å²) in [5.41, 5.74) is 4.89. The Kier molecular flexibility index (Phi) is 4.44. The highest BCUT2D eigenvalue weighted by atomic mass is 79.9. The molecule has 1 aromatic heterocycles. The van der Waals surface area contributed by atoms with E-state index < -0.39 is 11.5 Å². The van der Waals surface area contributed by atoms with Crippen LogP contribution in [0.1, 0.15) is 34.1 Å². The van der Waals surface area contributed by atoms with Gasteiger partial charge in [-0.15, -0.1) is 0 Å². The summed E-state index contributed by atoms with van der Waals surface area (Å²) in [6.45, 7) is 2.86. The second kappa shape index (κ2) is 7.03. The summed E-state index contributed by atoms with van der Waals surface area (Å²) in [6.07, 6.45) is 0.826. The molecule has 150 valence electrons. The van der Waals surface area contributed by atoms with Gasteiger partial charge in [0, 0.05) is 38.9 Å². The normalized spacial score (nSPS) is 18.4. The van der Waals surface area contributed by atoms with E-state index in [-0.39, 0.29) is 5.56 Å². The Morgan fingerprint density at radius 2 is 1.73 bits per heavy atom. The first-order chi connectivity index (χ1) is 14.5. The number of aromatic amines is 1. The fourth-order valence-electron chi connectivity index (χ4n) is 4.77. The molecule has 5 heteroatoms. The van der Waals surface area contributed by atoms with Crippen LogP contribution in [-0.2, 0) is 12.0 Å². The zero-order valence-electron chi connectivity index (χ0n) is 16.5. The lowest BCUT2D eigenvalue weighted by molar-refractivity contribution is -0.254. The fraction of sp³-hybridized carbons (Fsp3) is 0.160. The zero-order valence-corrected chi connectivity index (χ0v) is 18.1. The number of aromatic nitrogens is 1. The van der Waals surface area contributed by atoms with E-state index >= 15 is 0 Å². The molecule has 1 atom stereocenters. The van der Waals surface area contributed by atoms with Crippen LogP contribution >= 0.6 is 15.9 Å². The lowest BCUT2D eigenvalue weighted by Gasteiger charge is -2.47. The van der Waals surface area contributed by atoms with E-state index in [1.807, 2.05) is 30.3 Å². The number of para-hydroxylation sites is 2. The zero-order chi connectivity index (χ0) is 20.9. The number of hydrogen-bond donors (Lipinski definition) is 1. The molecule has 4 nitrogen and oxygen atoms in total. The number of rotatable bonds is 3. The summed E-state index contributed by atoms with van der Waals surface area (Å²) in [7, 11) is 0. The number of hydrogen-bond acceptors (Lipinski definition) is 3. The molecule has 1 N–H and O–H groups in total. The summed E-state index contributed by atoms with van der Waals surface area (Å²) in [5.74, 6) is -1.16. The topological polar surface area (TPSA) is 59.2 Å². The average molecular weight is 460 g/mol. The Bertz CT molecular complexity index is 1260. The highest BCUT2D eigenvalue weighted by molar-refractivity contribution is 9.10. The number of carboxylic acid groups (broad SMARTS) is 1. The van der Waals surface area contributed by atoms with Crippen LogP contribution in [0.2, 0.25) is 0 Å². The van der Waals surface area contributed by atoms with E-state index in [1.54, 1.807) is 12.1 Å². The summed E-state index contributed by atoms with van der Waals surface area (Å²) in [6, 6.07) is 23.7. The van der Waals surface area contributed by atoms with Gasteiger partial charge in [0.2, 0.25) is 0 Å². The lowest BCUT2D eigenvalue weighted by Crippen LogP contribution is -2.50. The first kappa shape index (κ1) is 18.9. The van der Waals surface area contributed by atoms with Gasteiger partial charge in [-0.05, 0) is 48.7 Å². The third-order valence-electron chi connectivity index (χ3n) is 6.25. The van der Waals surface area contributed by atoms with E-state index in [2.05, 4.69) is 63.1 Å². The van der Waals surface area contributed by atoms with Crippen molar-refractivity contribution in [2.24, 2.45) is 0 Å². The van der Waals surface area contributed by atoms with Crippen molar-refractivity contribution >= 4 is 38.5 Å². The molecule has 0 fully saturated rings. The van der Waals surface area contributed by atoms with Gasteiger partial charge in [0.25, 0.3) is 0 Å². The quantitative estimate of drug-likeness (QED) is 0.486. The maximum atomic E-state index is 11.9. The minimum Gasteiger partial charge on any atom is -0.545 e. The molecule has 3 aromatic carbocycles. The van der Waals surface area contributed by atoms with Gasteiger partial charge < -0.3 is 19.8 Å². The van der Waals surface area contributed by atoms with Gasteiger partial charge in [-0.1, -0.05) is 64.5 Å². The number of fused-ring (bicyclic) bond motifs is 3. The first-order valence-corrected chi connectivity index (χ1v) is 10.7. The van der Waals surface area contributed by atoms with Gasteiger partial charge in [-0.3, -0.25) is 0 Å². The molecule has 0 aliphatic carbocycles. The first-order valence-electron chi connectivity index (χ1n) is 9.94. The van der Waals surface area contributed by atoms with E-state index in [0.29, 0.717) is 12.2 Å². The van der Waals surface area contributed by atoms with Crippen LogP contribution in [-0.4, -0.2) is 17.5 Å². The van der Waals surface area contributed by atoms with Crippen LogP contribution < -0.4 is 10.0 Å². The number of carbonyl (C=O) groups is 1. The molecule has 1 unspecified atom stereocenters. The minimum absolute atomic E-state index is 0.209. The molecule has 5 rings (SSSR count). The van der Waals surface area contributed by atoms with Crippen molar-refractivity contribution < 1.29 is 9.90 Å². The number of H-pyrrole nitrogens is 1. The molecule has 30 heavy (non-hydrogen) atoms. The Hall–Kier alpha value is -3.05. The SMILES string of the molecule is CC1(c2ccc(Br)cc2)c2[nH]c3ccccc3c2CCN1c1ccccc1C(=O)[O-]. The summed E-state index contributed by atoms with van der Waals surface area (Å²) >= 11 is 3.53. The standard InChI is InChI=1S/C25H21BrN2O2/c1-25(16-10-12-17(26)13-11-16)23-19(18-6-2-4-8-21(18)27-23)14-15-28(25)22-9-5-3-7-20(22)24(29)30/h2-13,27H,14-15H2,1H3,(H,29,30)/p-1. The maximum absolute atomic E-state index is 11.9. The van der Waals surface area contributed by atoms with Gasteiger partial charge >= 0.3 is 0 Å². The van der Waals surface area contributed by atoms with Crippen molar-refractivity contribution in [3.8, 4) is 0 Å².